The van der Waals surface area contributed by atoms with Crippen molar-refractivity contribution in [2.45, 2.75) is 58.0 Å². The van der Waals surface area contributed by atoms with E-state index >= 15 is 0 Å². The van der Waals surface area contributed by atoms with Gasteiger partial charge in [0.05, 0.1) is 12.6 Å². The molecule has 1 rings (SSSR count). The number of methoxy groups -OCH3 is 1. The maximum Gasteiger partial charge on any atom is 0.223 e. The topological polar surface area (TPSA) is 55.6 Å². The molecule has 106 valence electrons. The Bertz CT molecular complexity index is 250. The molecule has 0 radical (unpaired) electrons. The van der Waals surface area contributed by atoms with Gasteiger partial charge in [-0.15, -0.1) is 0 Å². The monoisotopic (exact) mass is 256 g/mol. The van der Waals surface area contributed by atoms with Crippen LogP contribution in [-0.2, 0) is 9.53 Å². The quantitative estimate of drug-likeness (QED) is 0.788. The van der Waals surface area contributed by atoms with Gasteiger partial charge in [-0.1, -0.05) is 0 Å². The lowest BCUT2D eigenvalue weighted by molar-refractivity contribution is -0.135. The first kappa shape index (κ1) is 15.4. The molecule has 0 saturated heterocycles. The van der Waals surface area contributed by atoms with E-state index in [2.05, 4.69) is 0 Å². The molecule has 4 nitrogen and oxygen atoms in total. The van der Waals surface area contributed by atoms with Crippen LogP contribution in [0, 0.1) is 5.92 Å². The van der Waals surface area contributed by atoms with Crippen molar-refractivity contribution >= 4 is 5.91 Å². The molecule has 0 heterocycles. The number of rotatable bonds is 6. The average molecular weight is 256 g/mol. The number of amides is 1. The van der Waals surface area contributed by atoms with Gasteiger partial charge < -0.3 is 15.4 Å². The van der Waals surface area contributed by atoms with Crippen molar-refractivity contribution in [2.75, 3.05) is 20.3 Å². The Labute approximate surface area is 111 Å². The van der Waals surface area contributed by atoms with E-state index < -0.39 is 0 Å². The van der Waals surface area contributed by atoms with Gasteiger partial charge in [-0.3, -0.25) is 4.79 Å². The molecule has 1 aliphatic carbocycles. The molecular formula is C14H28N2O2. The summed E-state index contributed by atoms with van der Waals surface area (Å²) >= 11 is 0. The minimum atomic E-state index is 0.165. The molecule has 0 bridgehead atoms. The van der Waals surface area contributed by atoms with Crippen LogP contribution in [-0.4, -0.2) is 43.2 Å². The number of nitrogens with zero attached hydrogens (tertiary/aromatic N) is 1. The molecule has 1 saturated carbocycles. The van der Waals surface area contributed by atoms with Gasteiger partial charge in [-0.05, 0) is 45.4 Å². The van der Waals surface area contributed by atoms with E-state index in [0.29, 0.717) is 25.0 Å². The molecule has 1 aliphatic rings. The van der Waals surface area contributed by atoms with Gasteiger partial charge in [0.2, 0.25) is 5.91 Å². The van der Waals surface area contributed by atoms with E-state index in [1.165, 1.54) is 0 Å². The van der Waals surface area contributed by atoms with Crippen LogP contribution in [0.3, 0.4) is 0 Å². The fourth-order valence-electron chi connectivity index (χ4n) is 2.82. The Hall–Kier alpha value is -0.610. The molecule has 1 fully saturated rings. The van der Waals surface area contributed by atoms with E-state index in [9.17, 15) is 4.79 Å². The van der Waals surface area contributed by atoms with Crippen LogP contribution >= 0.6 is 0 Å². The summed E-state index contributed by atoms with van der Waals surface area (Å²) in [5, 5.41) is 0. The number of carbonyl (C=O) groups is 1. The van der Waals surface area contributed by atoms with Gasteiger partial charge in [0.15, 0.2) is 0 Å². The molecule has 4 heteroatoms. The van der Waals surface area contributed by atoms with Crippen molar-refractivity contribution in [3.8, 4) is 0 Å². The molecule has 0 aromatic carbocycles. The number of ether oxygens (including phenoxy) is 1. The third-order valence-corrected chi connectivity index (χ3v) is 3.96. The molecule has 1 unspecified atom stereocenters. The highest BCUT2D eigenvalue weighted by molar-refractivity contribution is 5.76. The SMILES string of the molecule is CCN(C(=O)CC1CCC(N)CC1)C(C)COC. The van der Waals surface area contributed by atoms with E-state index in [4.69, 9.17) is 10.5 Å². The average Bonchev–Trinajstić information content (AvgIpc) is 2.33. The van der Waals surface area contributed by atoms with Crippen LogP contribution in [0.5, 0.6) is 0 Å². The van der Waals surface area contributed by atoms with Gasteiger partial charge in [-0.25, -0.2) is 0 Å². The summed E-state index contributed by atoms with van der Waals surface area (Å²) in [6, 6.07) is 0.518. The summed E-state index contributed by atoms with van der Waals surface area (Å²) in [6.07, 6.45) is 5.01. The zero-order valence-corrected chi connectivity index (χ0v) is 12.0. The molecule has 1 amide bonds. The van der Waals surface area contributed by atoms with E-state index in [1.54, 1.807) is 7.11 Å². The first-order valence-corrected chi connectivity index (χ1v) is 7.12. The number of likely N-dealkylation sites (N-methyl/N-ethyl adjacent to an activating group) is 1. The molecule has 0 aromatic heterocycles. The summed E-state index contributed by atoms with van der Waals surface area (Å²) in [5.41, 5.74) is 5.89. The van der Waals surface area contributed by atoms with Crippen molar-refractivity contribution in [1.29, 1.82) is 0 Å². The number of hydrogen-bond acceptors (Lipinski definition) is 3. The van der Waals surface area contributed by atoms with E-state index in [0.717, 1.165) is 32.2 Å². The summed E-state index contributed by atoms with van der Waals surface area (Å²) in [4.78, 5) is 14.2. The number of carbonyl (C=O) groups excluding carboxylic acids is 1. The highest BCUT2D eigenvalue weighted by atomic mass is 16.5. The Morgan fingerprint density at radius 2 is 2.00 bits per heavy atom. The molecule has 2 N–H and O–H groups in total. The molecule has 0 spiro atoms. The fourth-order valence-corrected chi connectivity index (χ4v) is 2.82. The fraction of sp³-hybridized carbons (Fsp3) is 0.929. The molecular weight excluding hydrogens is 228 g/mol. The lowest BCUT2D eigenvalue weighted by atomic mass is 9.84. The van der Waals surface area contributed by atoms with Crippen LogP contribution in [0.25, 0.3) is 0 Å². The predicted molar refractivity (Wildman–Crippen MR) is 73.3 cm³/mol. The Morgan fingerprint density at radius 3 is 2.50 bits per heavy atom. The van der Waals surface area contributed by atoms with Gasteiger partial charge >= 0.3 is 0 Å². The van der Waals surface area contributed by atoms with E-state index in [1.807, 2.05) is 18.7 Å². The maximum absolute atomic E-state index is 12.3. The van der Waals surface area contributed by atoms with Gasteiger partial charge in [0, 0.05) is 26.1 Å². The number of hydrogen-bond donors (Lipinski definition) is 1. The van der Waals surface area contributed by atoms with Gasteiger partial charge in [0.1, 0.15) is 0 Å². The van der Waals surface area contributed by atoms with Crippen molar-refractivity contribution in [3.63, 3.8) is 0 Å². The Kier molecular flexibility index (Phi) is 6.65. The second-order valence-corrected chi connectivity index (χ2v) is 5.47. The minimum Gasteiger partial charge on any atom is -0.383 e. The zero-order valence-electron chi connectivity index (χ0n) is 12.0. The molecule has 1 atom stereocenters. The van der Waals surface area contributed by atoms with Crippen LogP contribution in [0.1, 0.15) is 46.0 Å². The highest BCUT2D eigenvalue weighted by Gasteiger charge is 2.25. The summed E-state index contributed by atoms with van der Waals surface area (Å²) in [7, 11) is 1.68. The first-order chi connectivity index (χ1) is 8.58. The zero-order chi connectivity index (χ0) is 13.5. The Balaban J connectivity index is 2.42. The molecule has 0 aromatic rings. The maximum atomic E-state index is 12.3. The second-order valence-electron chi connectivity index (χ2n) is 5.47. The number of nitrogens with two attached hydrogens (primary N) is 1. The first-order valence-electron chi connectivity index (χ1n) is 7.12. The van der Waals surface area contributed by atoms with Gasteiger partial charge in [0.25, 0.3) is 0 Å². The van der Waals surface area contributed by atoms with Crippen LogP contribution in [0.4, 0.5) is 0 Å². The molecule has 18 heavy (non-hydrogen) atoms. The van der Waals surface area contributed by atoms with Crippen LogP contribution < -0.4 is 5.73 Å². The normalized spacial score (nSPS) is 25.8. The van der Waals surface area contributed by atoms with Crippen molar-refractivity contribution < 1.29 is 9.53 Å². The smallest absolute Gasteiger partial charge is 0.223 e. The van der Waals surface area contributed by atoms with E-state index in [-0.39, 0.29) is 11.9 Å². The standard InChI is InChI=1S/C14H28N2O2/c1-4-16(11(2)10-18-3)14(17)9-12-5-7-13(15)8-6-12/h11-13H,4-10,15H2,1-3H3. The lowest BCUT2D eigenvalue weighted by Gasteiger charge is -2.31. The van der Waals surface area contributed by atoms with Crippen molar-refractivity contribution in [3.05, 3.63) is 0 Å². The van der Waals surface area contributed by atoms with Gasteiger partial charge in [-0.2, -0.15) is 0 Å². The third-order valence-electron chi connectivity index (χ3n) is 3.96. The third kappa shape index (κ3) is 4.58. The minimum absolute atomic E-state index is 0.165. The van der Waals surface area contributed by atoms with Crippen molar-refractivity contribution in [2.24, 2.45) is 11.7 Å². The summed E-state index contributed by atoms with van der Waals surface area (Å²) in [6.45, 7) is 5.44. The predicted octanol–water partition coefficient (Wildman–Crippen LogP) is 1.78. The summed E-state index contributed by atoms with van der Waals surface area (Å²) < 4.78 is 5.13. The Morgan fingerprint density at radius 1 is 1.39 bits per heavy atom. The highest BCUT2D eigenvalue weighted by Crippen LogP contribution is 2.26. The summed E-state index contributed by atoms with van der Waals surface area (Å²) in [5.74, 6) is 0.795. The van der Waals surface area contributed by atoms with Crippen molar-refractivity contribution in [1.82, 2.24) is 4.90 Å². The largest absolute Gasteiger partial charge is 0.383 e. The second kappa shape index (κ2) is 7.74. The molecule has 0 aliphatic heterocycles. The lowest BCUT2D eigenvalue weighted by Crippen LogP contribution is -2.42. The van der Waals surface area contributed by atoms with Crippen LogP contribution in [0.2, 0.25) is 0 Å². The van der Waals surface area contributed by atoms with Crippen LogP contribution in [0.15, 0.2) is 0 Å².